The highest BCUT2D eigenvalue weighted by Crippen LogP contribution is 2.28. The molecule has 1 aliphatic heterocycles. The Morgan fingerprint density at radius 3 is 2.59 bits per heavy atom. The van der Waals surface area contributed by atoms with Crippen molar-refractivity contribution in [2.75, 3.05) is 19.6 Å². The van der Waals surface area contributed by atoms with Crippen LogP contribution in [0.2, 0.25) is 10.0 Å². The highest BCUT2D eigenvalue weighted by molar-refractivity contribution is 6.42. The van der Waals surface area contributed by atoms with Gasteiger partial charge in [0, 0.05) is 19.6 Å². The number of carbonyl (C=O) groups excluding carboxylic acids is 1. The number of aliphatic hydroxyl groups is 1. The number of carbonyl (C=O) groups is 1. The van der Waals surface area contributed by atoms with E-state index in [0.717, 1.165) is 17.2 Å². The summed E-state index contributed by atoms with van der Waals surface area (Å²) in [5, 5.41) is 21.9. The molecule has 0 bridgehead atoms. The fourth-order valence-electron chi connectivity index (χ4n) is 3.32. The van der Waals surface area contributed by atoms with Crippen LogP contribution in [0.3, 0.4) is 0 Å². The third-order valence-electron chi connectivity index (χ3n) is 4.79. The van der Waals surface area contributed by atoms with Gasteiger partial charge in [0.1, 0.15) is 0 Å². The molecule has 1 heterocycles. The monoisotopic (exact) mass is 408 g/mol. The van der Waals surface area contributed by atoms with Crippen LogP contribution in [0.5, 0.6) is 0 Å². The van der Waals surface area contributed by atoms with Crippen molar-refractivity contribution in [2.24, 2.45) is 0 Å². The maximum atomic E-state index is 12.7. The zero-order chi connectivity index (χ0) is 19.4. The first kappa shape index (κ1) is 20.1. The summed E-state index contributed by atoms with van der Waals surface area (Å²) < 4.78 is 0. The number of nitrogens with zero attached hydrogens (tertiary/aromatic N) is 2. The number of hydrogen-bond donors (Lipinski definition) is 2. The zero-order valence-electron chi connectivity index (χ0n) is 14.8. The third-order valence-corrected chi connectivity index (χ3v) is 5.65. The van der Waals surface area contributed by atoms with Gasteiger partial charge in [0.05, 0.1) is 28.6 Å². The van der Waals surface area contributed by atoms with Crippen LogP contribution in [0, 0.1) is 0 Å². The van der Waals surface area contributed by atoms with E-state index in [1.807, 2.05) is 35.2 Å². The molecule has 0 saturated carbocycles. The maximum absolute atomic E-state index is 12.7. The second-order valence-electron chi connectivity index (χ2n) is 6.76. The number of rotatable bonds is 6. The van der Waals surface area contributed by atoms with E-state index in [9.17, 15) is 15.1 Å². The average molecular weight is 409 g/mol. The molecule has 1 saturated heterocycles. The summed E-state index contributed by atoms with van der Waals surface area (Å²) in [7, 11) is 0. The molecular weight excluding hydrogens is 387 g/mol. The molecule has 0 spiro atoms. The summed E-state index contributed by atoms with van der Waals surface area (Å²) in [6.45, 7) is 1.70. The molecule has 0 aliphatic carbocycles. The number of β-amino-alcohol motifs (C(OH)–C–C–N with tert-alkyl or cyclic N) is 1. The SMILES string of the molecule is O=C(Cc1cccc(Cl)c1Cl)N(O)[C@H](CN1CC[C@H](O)C1)c1ccccc1. The van der Waals surface area contributed by atoms with Crippen LogP contribution >= 0.6 is 23.2 Å². The fourth-order valence-corrected chi connectivity index (χ4v) is 3.71. The van der Waals surface area contributed by atoms with Crippen molar-refractivity contribution in [1.82, 2.24) is 9.96 Å². The predicted molar refractivity (Wildman–Crippen MR) is 105 cm³/mol. The molecule has 0 aromatic heterocycles. The molecule has 0 unspecified atom stereocenters. The summed E-state index contributed by atoms with van der Waals surface area (Å²) in [5.41, 5.74) is 1.39. The fraction of sp³-hybridized carbons (Fsp3) is 0.350. The van der Waals surface area contributed by atoms with Gasteiger partial charge in [-0.2, -0.15) is 0 Å². The van der Waals surface area contributed by atoms with Gasteiger partial charge >= 0.3 is 0 Å². The molecule has 5 nitrogen and oxygen atoms in total. The Labute approximate surface area is 168 Å². The lowest BCUT2D eigenvalue weighted by Crippen LogP contribution is -2.40. The molecule has 2 aromatic rings. The lowest BCUT2D eigenvalue weighted by atomic mass is 10.0. The molecule has 1 fully saturated rings. The Balaban J connectivity index is 1.78. The van der Waals surface area contributed by atoms with Crippen molar-refractivity contribution in [2.45, 2.75) is 25.0 Å². The summed E-state index contributed by atoms with van der Waals surface area (Å²) >= 11 is 12.2. The minimum absolute atomic E-state index is 0.0537. The summed E-state index contributed by atoms with van der Waals surface area (Å²) in [6.07, 6.45) is 0.274. The predicted octanol–water partition coefficient (Wildman–Crippen LogP) is 3.56. The van der Waals surface area contributed by atoms with E-state index in [-0.39, 0.29) is 12.5 Å². The van der Waals surface area contributed by atoms with Gasteiger partial charge in [-0.25, -0.2) is 5.06 Å². The van der Waals surface area contributed by atoms with Crippen molar-refractivity contribution in [3.05, 3.63) is 69.7 Å². The van der Waals surface area contributed by atoms with Crippen LogP contribution < -0.4 is 0 Å². The number of amides is 1. The summed E-state index contributed by atoms with van der Waals surface area (Å²) in [4.78, 5) is 14.8. The normalized spacial score (nSPS) is 18.4. The van der Waals surface area contributed by atoms with E-state index in [4.69, 9.17) is 23.2 Å². The Morgan fingerprint density at radius 1 is 1.19 bits per heavy atom. The van der Waals surface area contributed by atoms with E-state index in [0.29, 0.717) is 35.1 Å². The first-order valence-electron chi connectivity index (χ1n) is 8.85. The van der Waals surface area contributed by atoms with Gasteiger partial charge in [-0.3, -0.25) is 14.9 Å². The number of aliphatic hydroxyl groups excluding tert-OH is 1. The van der Waals surface area contributed by atoms with Crippen molar-refractivity contribution in [3.63, 3.8) is 0 Å². The van der Waals surface area contributed by atoms with Crippen LogP contribution in [-0.4, -0.2) is 51.9 Å². The van der Waals surface area contributed by atoms with E-state index in [2.05, 4.69) is 0 Å². The van der Waals surface area contributed by atoms with Gasteiger partial charge in [-0.1, -0.05) is 65.7 Å². The van der Waals surface area contributed by atoms with Gasteiger partial charge in [0.2, 0.25) is 0 Å². The van der Waals surface area contributed by atoms with E-state index < -0.39 is 11.9 Å². The number of halogens is 2. The third kappa shape index (κ3) is 5.00. The number of hydroxylamine groups is 2. The van der Waals surface area contributed by atoms with Gasteiger partial charge in [-0.05, 0) is 23.6 Å². The zero-order valence-corrected chi connectivity index (χ0v) is 16.3. The second kappa shape index (κ2) is 9.04. The highest BCUT2D eigenvalue weighted by Gasteiger charge is 2.29. The van der Waals surface area contributed by atoms with Crippen LogP contribution in [0.25, 0.3) is 0 Å². The van der Waals surface area contributed by atoms with Gasteiger partial charge in [0.25, 0.3) is 5.91 Å². The molecule has 1 aliphatic rings. The summed E-state index contributed by atoms with van der Waals surface area (Å²) in [6, 6.07) is 13.9. The van der Waals surface area contributed by atoms with Crippen molar-refractivity contribution < 1.29 is 15.1 Å². The standard InChI is InChI=1S/C20H22Cl2N2O3/c21-17-8-4-7-15(20(17)22)11-19(26)24(27)18(14-5-2-1-3-6-14)13-23-10-9-16(25)12-23/h1-8,16,18,25,27H,9-13H2/t16-,18+/m0/s1. The van der Waals surface area contributed by atoms with Crippen LogP contribution in [0.15, 0.2) is 48.5 Å². The Hall–Kier alpha value is -1.63. The van der Waals surface area contributed by atoms with Gasteiger partial charge in [-0.15, -0.1) is 0 Å². The van der Waals surface area contributed by atoms with Crippen LogP contribution in [0.1, 0.15) is 23.6 Å². The molecule has 27 heavy (non-hydrogen) atoms. The average Bonchev–Trinajstić information content (AvgIpc) is 3.08. The topological polar surface area (TPSA) is 64.0 Å². The van der Waals surface area contributed by atoms with Crippen LogP contribution in [0.4, 0.5) is 0 Å². The molecule has 3 rings (SSSR count). The first-order chi connectivity index (χ1) is 13.0. The van der Waals surface area contributed by atoms with E-state index >= 15 is 0 Å². The molecular formula is C20H22Cl2N2O3. The first-order valence-corrected chi connectivity index (χ1v) is 9.60. The molecule has 1 amide bonds. The second-order valence-corrected chi connectivity index (χ2v) is 7.54. The highest BCUT2D eigenvalue weighted by atomic mass is 35.5. The Bertz CT molecular complexity index is 788. The molecule has 0 radical (unpaired) electrons. The summed E-state index contributed by atoms with van der Waals surface area (Å²) in [5.74, 6) is -0.465. The minimum Gasteiger partial charge on any atom is -0.392 e. The minimum atomic E-state index is -0.540. The van der Waals surface area contributed by atoms with Crippen molar-refractivity contribution in [1.29, 1.82) is 0 Å². The number of likely N-dealkylation sites (tertiary alicyclic amines) is 1. The number of hydrogen-bond acceptors (Lipinski definition) is 4. The lowest BCUT2D eigenvalue weighted by molar-refractivity contribution is -0.177. The lowest BCUT2D eigenvalue weighted by Gasteiger charge is -2.30. The van der Waals surface area contributed by atoms with Gasteiger partial charge in [0.15, 0.2) is 0 Å². The molecule has 144 valence electrons. The number of benzene rings is 2. The van der Waals surface area contributed by atoms with E-state index in [1.165, 1.54) is 0 Å². The van der Waals surface area contributed by atoms with Gasteiger partial charge < -0.3 is 5.11 Å². The van der Waals surface area contributed by atoms with Crippen molar-refractivity contribution in [3.8, 4) is 0 Å². The van der Waals surface area contributed by atoms with Crippen molar-refractivity contribution >= 4 is 29.1 Å². The molecule has 2 aromatic carbocycles. The largest absolute Gasteiger partial charge is 0.392 e. The molecule has 2 atom stereocenters. The van der Waals surface area contributed by atoms with E-state index in [1.54, 1.807) is 18.2 Å². The smallest absolute Gasteiger partial charge is 0.251 e. The quantitative estimate of drug-likeness (QED) is 0.566. The van der Waals surface area contributed by atoms with Crippen LogP contribution in [-0.2, 0) is 11.2 Å². The molecule has 7 heteroatoms. The molecule has 2 N–H and O–H groups in total. The maximum Gasteiger partial charge on any atom is 0.251 e. The Kier molecular flexibility index (Phi) is 6.73. The Morgan fingerprint density at radius 2 is 1.93 bits per heavy atom.